The summed E-state index contributed by atoms with van der Waals surface area (Å²) >= 11 is 7.09. The number of thioether (sulfide) groups is 1. The molecular weight excluding hydrogens is 317 g/mol. The molecule has 1 saturated heterocycles. The predicted octanol–water partition coefficient (Wildman–Crippen LogP) is 4.26. The summed E-state index contributed by atoms with van der Waals surface area (Å²) in [6, 6.07) is 16.0. The number of hydrogen-bond donors (Lipinski definition) is 1. The largest absolute Gasteiger partial charge is 0.332 e. The van der Waals surface area contributed by atoms with Gasteiger partial charge in [-0.15, -0.1) is 0 Å². The van der Waals surface area contributed by atoms with Crippen molar-refractivity contribution in [2.24, 2.45) is 4.99 Å². The highest BCUT2D eigenvalue weighted by Crippen LogP contribution is 2.23. The van der Waals surface area contributed by atoms with E-state index in [2.05, 4.69) is 10.3 Å². The van der Waals surface area contributed by atoms with Crippen LogP contribution in [0, 0.1) is 5.82 Å². The van der Waals surface area contributed by atoms with Gasteiger partial charge in [-0.1, -0.05) is 36.0 Å². The molecule has 2 aromatic carbocycles. The Morgan fingerprint density at radius 1 is 1.18 bits per heavy atom. The van der Waals surface area contributed by atoms with Gasteiger partial charge < -0.3 is 5.32 Å². The van der Waals surface area contributed by atoms with E-state index < -0.39 is 0 Å². The average Bonchev–Trinajstić information content (AvgIpc) is 2.96. The van der Waals surface area contributed by atoms with E-state index in [4.69, 9.17) is 12.2 Å². The van der Waals surface area contributed by atoms with Crippen molar-refractivity contribution in [1.82, 2.24) is 4.90 Å². The summed E-state index contributed by atoms with van der Waals surface area (Å²) in [7, 11) is 0. The predicted molar refractivity (Wildman–Crippen MR) is 95.3 cm³/mol. The molecular formula is C16H14FN3S2. The zero-order valence-electron chi connectivity index (χ0n) is 11.7. The SMILES string of the molecule is Fc1cccc(NC(=S)N2CCS/C2=N/c2ccccc2)c1. The highest BCUT2D eigenvalue weighted by atomic mass is 32.2. The molecule has 3 rings (SSSR count). The zero-order chi connectivity index (χ0) is 15.4. The van der Waals surface area contributed by atoms with Crippen LogP contribution in [0.4, 0.5) is 15.8 Å². The molecule has 0 unspecified atom stereocenters. The van der Waals surface area contributed by atoms with Crippen LogP contribution in [0.25, 0.3) is 0 Å². The minimum atomic E-state index is -0.290. The molecule has 0 aromatic heterocycles. The molecule has 0 atom stereocenters. The second-order valence-electron chi connectivity index (χ2n) is 4.67. The lowest BCUT2D eigenvalue weighted by Gasteiger charge is -2.20. The van der Waals surface area contributed by atoms with Gasteiger partial charge in [0.05, 0.1) is 5.69 Å². The van der Waals surface area contributed by atoms with E-state index in [1.54, 1.807) is 23.9 Å². The molecule has 1 N–H and O–H groups in total. The number of halogens is 1. The van der Waals surface area contributed by atoms with Gasteiger partial charge in [0.2, 0.25) is 0 Å². The summed E-state index contributed by atoms with van der Waals surface area (Å²) in [6.45, 7) is 0.789. The van der Waals surface area contributed by atoms with E-state index >= 15 is 0 Å². The summed E-state index contributed by atoms with van der Waals surface area (Å²) in [5.74, 6) is 0.637. The summed E-state index contributed by atoms with van der Waals surface area (Å²) in [6.07, 6.45) is 0. The molecule has 3 nitrogen and oxygen atoms in total. The molecule has 0 amide bonds. The molecule has 1 aliphatic rings. The van der Waals surface area contributed by atoms with Crippen LogP contribution in [0.15, 0.2) is 59.6 Å². The quantitative estimate of drug-likeness (QED) is 0.832. The van der Waals surface area contributed by atoms with Crippen LogP contribution in [0.1, 0.15) is 0 Å². The van der Waals surface area contributed by atoms with Crippen molar-refractivity contribution in [3.8, 4) is 0 Å². The van der Waals surface area contributed by atoms with Crippen molar-refractivity contribution >= 4 is 45.6 Å². The van der Waals surface area contributed by atoms with E-state index in [0.29, 0.717) is 10.8 Å². The minimum absolute atomic E-state index is 0.290. The Kier molecular flexibility index (Phi) is 4.70. The second-order valence-corrected chi connectivity index (χ2v) is 6.12. The topological polar surface area (TPSA) is 27.6 Å². The van der Waals surface area contributed by atoms with Crippen LogP contribution in [0.3, 0.4) is 0 Å². The normalized spacial score (nSPS) is 16.0. The van der Waals surface area contributed by atoms with Gasteiger partial charge in [-0.3, -0.25) is 4.90 Å². The van der Waals surface area contributed by atoms with Gasteiger partial charge in [0, 0.05) is 18.0 Å². The highest BCUT2D eigenvalue weighted by molar-refractivity contribution is 8.14. The second kappa shape index (κ2) is 6.89. The molecule has 0 aliphatic carbocycles. The van der Waals surface area contributed by atoms with Gasteiger partial charge in [-0.25, -0.2) is 9.38 Å². The van der Waals surface area contributed by atoms with Crippen LogP contribution in [0.5, 0.6) is 0 Å². The van der Waals surface area contributed by atoms with Gasteiger partial charge >= 0.3 is 0 Å². The number of benzene rings is 2. The first kappa shape index (κ1) is 15.0. The van der Waals surface area contributed by atoms with Crippen molar-refractivity contribution in [3.63, 3.8) is 0 Å². The summed E-state index contributed by atoms with van der Waals surface area (Å²) < 4.78 is 13.2. The van der Waals surface area contributed by atoms with Gasteiger partial charge in [-0.05, 0) is 42.5 Å². The van der Waals surface area contributed by atoms with Crippen LogP contribution < -0.4 is 5.32 Å². The lowest BCUT2D eigenvalue weighted by atomic mass is 10.3. The fourth-order valence-electron chi connectivity index (χ4n) is 2.05. The maximum Gasteiger partial charge on any atom is 0.179 e. The number of hydrogen-bond acceptors (Lipinski definition) is 3. The number of aliphatic imine (C=N–C) groups is 1. The monoisotopic (exact) mass is 331 g/mol. The van der Waals surface area contributed by atoms with Gasteiger partial charge in [0.1, 0.15) is 5.82 Å². The van der Waals surface area contributed by atoms with E-state index in [9.17, 15) is 4.39 Å². The van der Waals surface area contributed by atoms with Crippen molar-refractivity contribution in [3.05, 3.63) is 60.4 Å². The van der Waals surface area contributed by atoms with Crippen LogP contribution >= 0.6 is 24.0 Å². The van der Waals surface area contributed by atoms with Crippen LogP contribution in [-0.4, -0.2) is 27.5 Å². The van der Waals surface area contributed by atoms with Gasteiger partial charge in [-0.2, -0.15) is 0 Å². The molecule has 0 saturated carbocycles. The lowest BCUT2D eigenvalue weighted by molar-refractivity contribution is 0.628. The number of nitrogens with one attached hydrogen (secondary N) is 1. The first-order chi connectivity index (χ1) is 10.7. The fraction of sp³-hybridized carbons (Fsp3) is 0.125. The Balaban J connectivity index is 1.75. The number of amidine groups is 1. The standard InChI is InChI=1S/C16H14FN3S2/c17-12-5-4-8-14(11-12)18-15(21)20-9-10-22-16(20)19-13-6-2-1-3-7-13/h1-8,11H,9-10H2,(H,18,21)/b19-16+. The molecule has 6 heteroatoms. The number of anilines is 1. The number of nitrogens with zero attached hydrogens (tertiary/aromatic N) is 2. The minimum Gasteiger partial charge on any atom is -0.332 e. The van der Waals surface area contributed by atoms with E-state index in [1.807, 2.05) is 35.2 Å². The summed E-state index contributed by atoms with van der Waals surface area (Å²) in [5, 5.41) is 4.46. The van der Waals surface area contributed by atoms with Gasteiger partial charge in [0.15, 0.2) is 10.3 Å². The molecule has 0 bridgehead atoms. The molecule has 22 heavy (non-hydrogen) atoms. The Hall–Kier alpha value is -1.92. The fourth-order valence-corrected chi connectivity index (χ4v) is 3.37. The Labute approximate surface area is 138 Å². The van der Waals surface area contributed by atoms with Crippen LogP contribution in [0.2, 0.25) is 0 Å². The Morgan fingerprint density at radius 2 is 2.00 bits per heavy atom. The Morgan fingerprint density at radius 3 is 2.77 bits per heavy atom. The molecule has 2 aromatic rings. The van der Waals surface area contributed by atoms with E-state index in [1.165, 1.54) is 12.1 Å². The van der Waals surface area contributed by atoms with Crippen molar-refractivity contribution in [1.29, 1.82) is 0 Å². The molecule has 1 fully saturated rings. The summed E-state index contributed by atoms with van der Waals surface area (Å²) in [4.78, 5) is 6.57. The highest BCUT2D eigenvalue weighted by Gasteiger charge is 2.23. The number of thiocarbonyl (C=S) groups is 1. The third-order valence-corrected chi connectivity index (χ3v) is 4.36. The number of rotatable bonds is 2. The third kappa shape index (κ3) is 3.64. The first-order valence-electron chi connectivity index (χ1n) is 6.83. The van der Waals surface area contributed by atoms with Gasteiger partial charge in [0.25, 0.3) is 0 Å². The van der Waals surface area contributed by atoms with Crippen molar-refractivity contribution in [2.75, 3.05) is 17.6 Å². The maximum absolute atomic E-state index is 13.2. The maximum atomic E-state index is 13.2. The zero-order valence-corrected chi connectivity index (χ0v) is 13.3. The van der Waals surface area contributed by atoms with Crippen LogP contribution in [-0.2, 0) is 0 Å². The third-order valence-electron chi connectivity index (χ3n) is 3.08. The molecule has 1 heterocycles. The van der Waals surface area contributed by atoms with Crippen molar-refractivity contribution in [2.45, 2.75) is 0 Å². The van der Waals surface area contributed by atoms with E-state index in [0.717, 1.165) is 23.2 Å². The molecule has 1 aliphatic heterocycles. The molecule has 112 valence electrons. The van der Waals surface area contributed by atoms with E-state index in [-0.39, 0.29) is 5.82 Å². The smallest absolute Gasteiger partial charge is 0.179 e. The summed E-state index contributed by atoms with van der Waals surface area (Å²) in [5.41, 5.74) is 1.53. The lowest BCUT2D eigenvalue weighted by Crippen LogP contribution is -2.35. The van der Waals surface area contributed by atoms with Crippen molar-refractivity contribution < 1.29 is 4.39 Å². The number of para-hydroxylation sites is 1. The average molecular weight is 331 g/mol. The first-order valence-corrected chi connectivity index (χ1v) is 8.22. The molecule has 0 spiro atoms. The Bertz CT molecular complexity index is 704. The molecule has 0 radical (unpaired) electrons.